The van der Waals surface area contributed by atoms with Crippen LogP contribution in [-0.4, -0.2) is 104 Å². The molecule has 5 N–H and O–H groups in total. The number of aliphatic hydroxyl groups excluding tert-OH is 3. The molecule has 3 aliphatic carbocycles. The molecule has 2 bridgehead atoms. The second-order valence-electron chi connectivity index (χ2n) is 17.0. The molecule has 314 valence electrons. The van der Waals surface area contributed by atoms with Gasteiger partial charge in [-0.1, -0.05) is 82.1 Å². The van der Waals surface area contributed by atoms with Gasteiger partial charge in [-0.15, -0.1) is 0 Å². The number of Topliss-reactive ketones (excluding diaryl/α,β-unsaturated/α-hetero) is 1. The van der Waals surface area contributed by atoms with Crippen molar-refractivity contribution in [2.75, 3.05) is 6.61 Å². The molecule has 3 fully saturated rings. The van der Waals surface area contributed by atoms with Crippen molar-refractivity contribution in [1.82, 2.24) is 5.32 Å². The highest BCUT2D eigenvalue weighted by Crippen LogP contribution is 2.64. The first-order valence-corrected chi connectivity index (χ1v) is 20.0. The van der Waals surface area contributed by atoms with E-state index in [2.05, 4.69) is 5.32 Å². The number of esters is 3. The van der Waals surface area contributed by atoms with Crippen LogP contribution < -0.4 is 5.32 Å². The Kier molecular flexibility index (Phi) is 12.1. The minimum Gasteiger partial charge on any atom is -0.456 e. The third-order valence-corrected chi connectivity index (χ3v) is 13.2. The normalized spacial score (nSPS) is 33.4. The molecule has 58 heavy (non-hydrogen) atoms. The fraction of sp³-hybridized carbons (Fsp3) is 0.568. The van der Waals surface area contributed by atoms with Crippen molar-refractivity contribution in [3.8, 4) is 0 Å². The van der Waals surface area contributed by atoms with E-state index in [4.69, 9.17) is 18.9 Å². The van der Waals surface area contributed by atoms with Gasteiger partial charge in [0.15, 0.2) is 17.5 Å². The van der Waals surface area contributed by atoms with E-state index in [0.717, 1.165) is 19.8 Å². The summed E-state index contributed by atoms with van der Waals surface area (Å²) in [5, 5.41) is 51.8. The van der Waals surface area contributed by atoms with Gasteiger partial charge in [0, 0.05) is 31.6 Å². The fourth-order valence-corrected chi connectivity index (χ4v) is 9.91. The van der Waals surface area contributed by atoms with E-state index in [1.807, 2.05) is 6.92 Å². The van der Waals surface area contributed by atoms with Gasteiger partial charge in [-0.25, -0.2) is 9.59 Å². The number of nitrogens with one attached hydrogen (secondary N) is 1. The highest BCUT2D eigenvalue weighted by molar-refractivity contribution is 5.94. The van der Waals surface area contributed by atoms with Crippen molar-refractivity contribution in [2.24, 2.45) is 16.7 Å². The molecule has 1 amide bonds. The summed E-state index contributed by atoms with van der Waals surface area (Å²) in [6.45, 7) is 8.94. The van der Waals surface area contributed by atoms with Gasteiger partial charge in [-0.05, 0) is 49.1 Å². The molecule has 6 rings (SSSR count). The van der Waals surface area contributed by atoms with E-state index in [1.54, 1.807) is 62.4 Å². The first kappa shape index (κ1) is 43.1. The molecule has 1 aliphatic heterocycles. The van der Waals surface area contributed by atoms with Gasteiger partial charge < -0.3 is 44.7 Å². The molecule has 0 aromatic heterocycles. The van der Waals surface area contributed by atoms with Gasteiger partial charge in [0.25, 0.3) is 0 Å². The van der Waals surface area contributed by atoms with Crippen LogP contribution in [0.3, 0.4) is 0 Å². The van der Waals surface area contributed by atoms with Crippen LogP contribution in [0, 0.1) is 16.7 Å². The van der Waals surface area contributed by atoms with Crippen molar-refractivity contribution in [2.45, 2.75) is 134 Å². The number of aliphatic hydroxyl groups is 4. The van der Waals surface area contributed by atoms with Crippen LogP contribution in [0.15, 0.2) is 71.8 Å². The van der Waals surface area contributed by atoms with Gasteiger partial charge in [0.2, 0.25) is 5.91 Å². The molecule has 0 radical (unpaired) electrons. The summed E-state index contributed by atoms with van der Waals surface area (Å²) in [6, 6.07) is 15.1. The Hall–Kier alpha value is -4.47. The summed E-state index contributed by atoms with van der Waals surface area (Å²) >= 11 is 0. The first-order chi connectivity index (χ1) is 27.3. The maximum Gasteiger partial charge on any atom is 0.338 e. The minimum atomic E-state index is -2.33. The molecule has 11 atom stereocenters. The van der Waals surface area contributed by atoms with Gasteiger partial charge in [-0.3, -0.25) is 14.4 Å². The summed E-state index contributed by atoms with van der Waals surface area (Å²) in [6.07, 6.45) is -7.83. The number of benzene rings is 2. The fourth-order valence-electron chi connectivity index (χ4n) is 9.91. The summed E-state index contributed by atoms with van der Waals surface area (Å²) in [4.78, 5) is 69.0. The van der Waals surface area contributed by atoms with Crippen LogP contribution in [0.25, 0.3) is 0 Å². The molecular formula is C44H55NO13. The number of hydrogen-bond acceptors (Lipinski definition) is 13. The number of unbranched alkanes of at least 4 members (excludes halogenated alkanes) is 2. The molecule has 1 saturated heterocycles. The van der Waals surface area contributed by atoms with Gasteiger partial charge in [-0.2, -0.15) is 0 Å². The molecular weight excluding hydrogens is 750 g/mol. The maximum atomic E-state index is 15.0. The molecule has 14 heteroatoms. The van der Waals surface area contributed by atoms with E-state index in [1.165, 1.54) is 26.0 Å². The van der Waals surface area contributed by atoms with E-state index >= 15 is 0 Å². The molecule has 0 spiro atoms. The molecule has 1 heterocycles. The Morgan fingerprint density at radius 2 is 1.60 bits per heavy atom. The number of rotatable bonds is 12. The summed E-state index contributed by atoms with van der Waals surface area (Å²) in [7, 11) is 0. The Bertz CT molecular complexity index is 1930. The number of carbonyl (C=O) groups is 5. The number of fused-ring (bicyclic) bond motifs is 5. The monoisotopic (exact) mass is 805 g/mol. The lowest BCUT2D eigenvalue weighted by molar-refractivity contribution is -0.346. The Morgan fingerprint density at radius 3 is 2.19 bits per heavy atom. The van der Waals surface area contributed by atoms with E-state index < -0.39 is 101 Å². The van der Waals surface area contributed by atoms with E-state index in [-0.39, 0.29) is 42.1 Å². The SMILES string of the molecule is CCCCCC(=O)N[C@@H](c1ccccc1)[C@@H](O)C(=O)O[C@H]1C[C@@]2(O)[C@@H](OC(=O)c3ccccc3)[C@@H]3[C@]4(OC(C)=O)CO[C@@H]4C[C@H](O)[C@@]3(C)C(=O)[C@@H](O)C(=C1C)C2(C)C. The lowest BCUT2D eigenvalue weighted by Gasteiger charge is -2.67. The molecule has 4 aliphatic rings. The molecule has 2 aromatic rings. The molecule has 14 nitrogen and oxygen atoms in total. The average Bonchev–Trinajstić information content (AvgIpc) is 3.18. The number of hydrogen-bond donors (Lipinski definition) is 5. The van der Waals surface area contributed by atoms with Crippen molar-refractivity contribution in [3.63, 3.8) is 0 Å². The minimum absolute atomic E-state index is 0.0384. The Morgan fingerprint density at radius 1 is 0.966 bits per heavy atom. The van der Waals surface area contributed by atoms with Gasteiger partial charge in [0.1, 0.15) is 30.0 Å². The Labute approximate surface area is 337 Å². The van der Waals surface area contributed by atoms with Crippen LogP contribution in [-0.2, 0) is 38.1 Å². The van der Waals surface area contributed by atoms with Gasteiger partial charge in [0.05, 0.1) is 35.6 Å². The zero-order valence-electron chi connectivity index (χ0n) is 33.8. The van der Waals surface area contributed by atoms with Crippen molar-refractivity contribution < 1.29 is 63.3 Å². The van der Waals surface area contributed by atoms with Crippen molar-refractivity contribution in [1.29, 1.82) is 0 Å². The van der Waals surface area contributed by atoms with Crippen molar-refractivity contribution >= 4 is 29.6 Å². The highest BCUT2D eigenvalue weighted by Gasteiger charge is 2.78. The van der Waals surface area contributed by atoms with E-state index in [9.17, 15) is 44.4 Å². The zero-order valence-corrected chi connectivity index (χ0v) is 33.8. The first-order valence-electron chi connectivity index (χ1n) is 20.0. The zero-order chi connectivity index (χ0) is 42.4. The van der Waals surface area contributed by atoms with Crippen LogP contribution >= 0.6 is 0 Å². The van der Waals surface area contributed by atoms with Crippen LogP contribution in [0.4, 0.5) is 0 Å². The maximum absolute atomic E-state index is 15.0. The van der Waals surface area contributed by atoms with Crippen LogP contribution in [0.2, 0.25) is 0 Å². The van der Waals surface area contributed by atoms with Crippen LogP contribution in [0.1, 0.15) is 102 Å². The summed E-state index contributed by atoms with van der Waals surface area (Å²) in [5.74, 6) is -5.62. The smallest absolute Gasteiger partial charge is 0.338 e. The second-order valence-corrected chi connectivity index (χ2v) is 17.0. The third kappa shape index (κ3) is 7.16. The van der Waals surface area contributed by atoms with Crippen molar-refractivity contribution in [3.05, 3.63) is 82.9 Å². The second kappa shape index (κ2) is 16.3. The van der Waals surface area contributed by atoms with E-state index in [0.29, 0.717) is 12.0 Å². The number of carbonyl (C=O) groups excluding carboxylic acids is 5. The van der Waals surface area contributed by atoms with Crippen LogP contribution in [0.5, 0.6) is 0 Å². The summed E-state index contributed by atoms with van der Waals surface area (Å²) in [5.41, 5.74) is -6.98. The Balaban J connectivity index is 1.47. The standard InChI is InChI=1S/C44H55NO13/c1-7-8-11-20-31(48)45-33(26-16-12-9-13-17-26)35(50)40(53)56-28-22-44(54)38(57-39(52)27-18-14-10-15-19-27)36-42(6,37(51)34(49)32(24(28)2)41(44,4)5)29(47)21-30-43(36,23-55-30)58-25(3)46/h9-10,12-19,28-30,33-36,38,47,49-50,54H,7-8,11,20-23H2,1-6H3,(H,45,48)/t28-,29-,30+,33-,34-,35+,36-,38-,42+,43-,44+/m0/s1. The number of ketones is 1. The lowest BCUT2D eigenvalue weighted by Crippen LogP contribution is -2.81. The predicted octanol–water partition coefficient (Wildman–Crippen LogP) is 3.43. The topological polar surface area (TPSA) is 215 Å². The largest absolute Gasteiger partial charge is 0.456 e. The van der Waals surface area contributed by atoms with Gasteiger partial charge >= 0.3 is 17.9 Å². The average molecular weight is 806 g/mol. The predicted molar refractivity (Wildman–Crippen MR) is 207 cm³/mol. The molecule has 2 aromatic carbocycles. The quantitative estimate of drug-likeness (QED) is 0.0901. The number of ether oxygens (including phenoxy) is 4. The third-order valence-electron chi connectivity index (χ3n) is 13.2. The lowest BCUT2D eigenvalue weighted by atomic mass is 9.44. The summed E-state index contributed by atoms with van der Waals surface area (Å²) < 4.78 is 24.2. The molecule has 2 saturated carbocycles. The number of amides is 1. The molecule has 0 unspecified atom stereocenters. The highest BCUT2D eigenvalue weighted by atomic mass is 16.6.